The van der Waals surface area contributed by atoms with E-state index in [0.29, 0.717) is 5.92 Å². The van der Waals surface area contributed by atoms with Gasteiger partial charge in [0.15, 0.2) is 0 Å². The first kappa shape index (κ1) is 13.8. The Labute approximate surface area is 110 Å². The molecule has 0 aromatic carbocycles. The van der Waals surface area contributed by atoms with Crippen LogP contribution in [-0.2, 0) is 4.74 Å². The first-order valence-electron chi connectivity index (χ1n) is 7.13. The number of nitriles is 1. The second-order valence-electron chi connectivity index (χ2n) is 5.94. The quantitative estimate of drug-likeness (QED) is 0.759. The molecule has 4 heteroatoms. The van der Waals surface area contributed by atoms with Crippen molar-refractivity contribution in [3.8, 4) is 6.07 Å². The Morgan fingerprint density at radius 3 is 2.28 bits per heavy atom. The highest BCUT2D eigenvalue weighted by molar-refractivity contribution is 5.11. The SMILES string of the molecule is CC(C)CN1CCC(C#N)(N2CCOCC2)CC1. The van der Waals surface area contributed by atoms with Crippen molar-refractivity contribution in [2.75, 3.05) is 45.9 Å². The predicted molar refractivity (Wildman–Crippen MR) is 71.2 cm³/mol. The van der Waals surface area contributed by atoms with Gasteiger partial charge in [-0.15, -0.1) is 0 Å². The Balaban J connectivity index is 1.93. The van der Waals surface area contributed by atoms with Crippen molar-refractivity contribution in [1.82, 2.24) is 9.80 Å². The minimum atomic E-state index is -0.225. The predicted octanol–water partition coefficient (Wildman–Crippen LogP) is 1.33. The van der Waals surface area contributed by atoms with Crippen LogP contribution in [-0.4, -0.2) is 61.3 Å². The molecule has 2 heterocycles. The number of rotatable bonds is 3. The van der Waals surface area contributed by atoms with Crippen LogP contribution in [0.1, 0.15) is 26.7 Å². The Bertz CT molecular complexity index is 297. The lowest BCUT2D eigenvalue weighted by Crippen LogP contribution is -2.57. The van der Waals surface area contributed by atoms with Gasteiger partial charge in [0.05, 0.1) is 19.3 Å². The Morgan fingerprint density at radius 2 is 1.78 bits per heavy atom. The zero-order valence-corrected chi connectivity index (χ0v) is 11.7. The summed E-state index contributed by atoms with van der Waals surface area (Å²) in [5, 5.41) is 9.61. The van der Waals surface area contributed by atoms with Gasteiger partial charge in [-0.2, -0.15) is 5.26 Å². The fourth-order valence-electron chi connectivity index (χ4n) is 3.11. The van der Waals surface area contributed by atoms with E-state index < -0.39 is 0 Å². The molecule has 2 saturated heterocycles. The van der Waals surface area contributed by atoms with Crippen molar-refractivity contribution in [3.63, 3.8) is 0 Å². The smallest absolute Gasteiger partial charge is 0.111 e. The summed E-state index contributed by atoms with van der Waals surface area (Å²) < 4.78 is 5.39. The third-order valence-electron chi connectivity index (χ3n) is 4.13. The van der Waals surface area contributed by atoms with Gasteiger partial charge in [0.1, 0.15) is 5.54 Å². The highest BCUT2D eigenvalue weighted by atomic mass is 16.5. The maximum absolute atomic E-state index is 9.61. The first-order valence-corrected chi connectivity index (χ1v) is 7.13. The summed E-state index contributed by atoms with van der Waals surface area (Å²) in [6.45, 7) is 11.2. The van der Waals surface area contributed by atoms with Crippen LogP contribution in [0.4, 0.5) is 0 Å². The van der Waals surface area contributed by atoms with Crippen molar-refractivity contribution in [2.24, 2.45) is 5.92 Å². The van der Waals surface area contributed by atoms with E-state index in [0.717, 1.165) is 58.8 Å². The van der Waals surface area contributed by atoms with Crippen LogP contribution in [0.2, 0.25) is 0 Å². The second-order valence-corrected chi connectivity index (χ2v) is 5.94. The highest BCUT2D eigenvalue weighted by Crippen LogP contribution is 2.29. The molecule has 0 unspecified atom stereocenters. The monoisotopic (exact) mass is 251 g/mol. The number of likely N-dealkylation sites (tertiary alicyclic amines) is 1. The molecule has 0 aromatic heterocycles. The van der Waals surface area contributed by atoms with Gasteiger partial charge in [0.2, 0.25) is 0 Å². The molecule has 0 radical (unpaired) electrons. The average molecular weight is 251 g/mol. The molecule has 0 aliphatic carbocycles. The summed E-state index contributed by atoms with van der Waals surface area (Å²) in [5.74, 6) is 0.711. The van der Waals surface area contributed by atoms with Crippen molar-refractivity contribution in [3.05, 3.63) is 0 Å². The van der Waals surface area contributed by atoms with Crippen molar-refractivity contribution < 1.29 is 4.74 Å². The molecule has 0 bridgehead atoms. The topological polar surface area (TPSA) is 39.5 Å². The Kier molecular flexibility index (Phi) is 4.60. The molecule has 2 rings (SSSR count). The standard InChI is InChI=1S/C14H25N3O/c1-13(2)11-16-5-3-14(12-15,4-6-16)17-7-9-18-10-8-17/h13H,3-11H2,1-2H3. The third kappa shape index (κ3) is 3.03. The fraction of sp³-hybridized carbons (Fsp3) is 0.929. The van der Waals surface area contributed by atoms with Gasteiger partial charge in [0.25, 0.3) is 0 Å². The Morgan fingerprint density at radius 1 is 1.17 bits per heavy atom. The van der Waals surface area contributed by atoms with Gasteiger partial charge in [0, 0.05) is 32.7 Å². The molecule has 102 valence electrons. The fourth-order valence-corrected chi connectivity index (χ4v) is 3.11. The van der Waals surface area contributed by atoms with Crippen LogP contribution in [0.5, 0.6) is 0 Å². The molecule has 0 N–H and O–H groups in total. The van der Waals surface area contributed by atoms with E-state index in [4.69, 9.17) is 4.74 Å². The van der Waals surface area contributed by atoms with Crippen molar-refractivity contribution in [2.45, 2.75) is 32.2 Å². The van der Waals surface area contributed by atoms with Crippen molar-refractivity contribution in [1.29, 1.82) is 5.26 Å². The molecule has 0 aromatic rings. The van der Waals surface area contributed by atoms with Crippen molar-refractivity contribution >= 4 is 0 Å². The molecular weight excluding hydrogens is 226 g/mol. The second kappa shape index (κ2) is 6.01. The van der Waals surface area contributed by atoms with Gasteiger partial charge < -0.3 is 9.64 Å². The van der Waals surface area contributed by atoms with E-state index in [1.165, 1.54) is 0 Å². The van der Waals surface area contributed by atoms with Crippen LogP contribution in [0.25, 0.3) is 0 Å². The highest BCUT2D eigenvalue weighted by Gasteiger charge is 2.40. The summed E-state index contributed by atoms with van der Waals surface area (Å²) in [6.07, 6.45) is 1.96. The number of hydrogen-bond donors (Lipinski definition) is 0. The average Bonchev–Trinajstić information content (AvgIpc) is 2.40. The van der Waals surface area contributed by atoms with Crippen LogP contribution in [0, 0.1) is 17.2 Å². The molecule has 0 spiro atoms. The number of hydrogen-bond acceptors (Lipinski definition) is 4. The first-order chi connectivity index (χ1) is 8.66. The van der Waals surface area contributed by atoms with Gasteiger partial charge in [-0.25, -0.2) is 0 Å². The van der Waals surface area contributed by atoms with E-state index >= 15 is 0 Å². The lowest BCUT2D eigenvalue weighted by molar-refractivity contribution is -0.0252. The molecule has 0 atom stereocenters. The summed E-state index contributed by atoms with van der Waals surface area (Å²) in [7, 11) is 0. The van der Waals surface area contributed by atoms with E-state index in [1.807, 2.05) is 0 Å². The van der Waals surface area contributed by atoms with E-state index in [1.54, 1.807) is 0 Å². The zero-order valence-electron chi connectivity index (χ0n) is 11.7. The maximum Gasteiger partial charge on any atom is 0.111 e. The number of ether oxygens (including phenoxy) is 1. The van der Waals surface area contributed by atoms with Crippen LogP contribution >= 0.6 is 0 Å². The van der Waals surface area contributed by atoms with Crippen LogP contribution < -0.4 is 0 Å². The normalized spacial score (nSPS) is 26.1. The van der Waals surface area contributed by atoms with Crippen LogP contribution in [0.15, 0.2) is 0 Å². The molecule has 0 saturated carbocycles. The minimum absolute atomic E-state index is 0.225. The summed E-state index contributed by atoms with van der Waals surface area (Å²) in [6, 6.07) is 2.60. The van der Waals surface area contributed by atoms with Gasteiger partial charge in [-0.1, -0.05) is 13.8 Å². The van der Waals surface area contributed by atoms with E-state index in [-0.39, 0.29) is 5.54 Å². The Hall–Kier alpha value is -0.630. The van der Waals surface area contributed by atoms with Crippen LogP contribution in [0.3, 0.4) is 0 Å². The van der Waals surface area contributed by atoms with E-state index in [9.17, 15) is 5.26 Å². The number of piperidine rings is 1. The molecule has 18 heavy (non-hydrogen) atoms. The minimum Gasteiger partial charge on any atom is -0.379 e. The molecular formula is C14H25N3O. The maximum atomic E-state index is 9.61. The van der Waals surface area contributed by atoms with Gasteiger partial charge in [-0.05, 0) is 18.8 Å². The molecule has 2 aliphatic heterocycles. The summed E-state index contributed by atoms with van der Waals surface area (Å²) in [4.78, 5) is 4.85. The van der Waals surface area contributed by atoms with E-state index in [2.05, 4.69) is 29.7 Å². The van der Waals surface area contributed by atoms with Gasteiger partial charge in [-0.3, -0.25) is 4.90 Å². The molecule has 4 nitrogen and oxygen atoms in total. The molecule has 2 fully saturated rings. The zero-order chi connectivity index (χ0) is 13.0. The number of morpholine rings is 1. The molecule has 2 aliphatic rings. The summed E-state index contributed by atoms with van der Waals surface area (Å²) in [5.41, 5.74) is -0.225. The molecule has 0 amide bonds. The lowest BCUT2D eigenvalue weighted by atomic mass is 9.86. The lowest BCUT2D eigenvalue weighted by Gasteiger charge is -2.46. The largest absolute Gasteiger partial charge is 0.379 e. The van der Waals surface area contributed by atoms with Gasteiger partial charge >= 0.3 is 0 Å². The summed E-state index contributed by atoms with van der Waals surface area (Å²) >= 11 is 0. The number of nitrogens with zero attached hydrogens (tertiary/aromatic N) is 3. The third-order valence-corrected chi connectivity index (χ3v) is 4.13.